The summed E-state index contributed by atoms with van der Waals surface area (Å²) in [6.07, 6.45) is 0.351. The zero-order valence-corrected chi connectivity index (χ0v) is 14.7. The van der Waals surface area contributed by atoms with Gasteiger partial charge >= 0.3 is 6.09 Å². The zero-order chi connectivity index (χ0) is 15.6. The Morgan fingerprint density at radius 2 is 2.19 bits per heavy atom. The quantitative estimate of drug-likeness (QED) is 0.746. The Labute approximate surface area is 135 Å². The Bertz CT molecular complexity index is 559. The van der Waals surface area contributed by atoms with E-state index in [1.54, 1.807) is 17.0 Å². The van der Waals surface area contributed by atoms with Crippen molar-refractivity contribution in [3.8, 4) is 0 Å². The van der Waals surface area contributed by atoms with Gasteiger partial charge in [0, 0.05) is 13.1 Å². The van der Waals surface area contributed by atoms with E-state index in [0.29, 0.717) is 29.1 Å². The van der Waals surface area contributed by atoms with Crippen molar-refractivity contribution >= 4 is 32.8 Å². The second kappa shape index (κ2) is 6.44. The highest BCUT2D eigenvalue weighted by Gasteiger charge is 2.33. The lowest BCUT2D eigenvalue weighted by Crippen LogP contribution is -2.36. The first-order valence-corrected chi connectivity index (χ1v) is 8.78. The van der Waals surface area contributed by atoms with E-state index in [9.17, 15) is 9.00 Å². The smallest absolute Gasteiger partial charge is 0.410 e. The first-order valence-electron chi connectivity index (χ1n) is 6.77. The number of carbonyl (C=O) groups is 1. The minimum Gasteiger partial charge on any atom is -0.444 e. The van der Waals surface area contributed by atoms with Crippen LogP contribution in [0.15, 0.2) is 27.8 Å². The number of rotatable bonds is 2. The minimum absolute atomic E-state index is 0.0979. The van der Waals surface area contributed by atoms with Gasteiger partial charge < -0.3 is 9.64 Å². The largest absolute Gasteiger partial charge is 0.444 e. The average molecular weight is 375 g/mol. The van der Waals surface area contributed by atoms with Crippen molar-refractivity contribution in [1.29, 1.82) is 0 Å². The van der Waals surface area contributed by atoms with Gasteiger partial charge in [-0.25, -0.2) is 9.78 Å². The fourth-order valence-corrected chi connectivity index (χ4v) is 3.91. The number of pyridine rings is 1. The van der Waals surface area contributed by atoms with Crippen molar-refractivity contribution in [2.45, 2.75) is 43.1 Å². The molecule has 0 N–H and O–H groups in total. The van der Waals surface area contributed by atoms with Gasteiger partial charge in [-0.3, -0.25) is 4.21 Å². The minimum atomic E-state index is -1.22. The van der Waals surface area contributed by atoms with Gasteiger partial charge in [0.2, 0.25) is 0 Å². The van der Waals surface area contributed by atoms with E-state index < -0.39 is 16.4 Å². The fraction of sp³-hybridized carbons (Fsp3) is 0.571. The SMILES string of the molecule is CC(C)(C)OC(=O)N1CC[C@H]([S@](=O)c2cccc(Br)n2)C1. The maximum atomic E-state index is 12.5. The molecule has 1 aromatic rings. The molecule has 2 heterocycles. The Hall–Kier alpha value is -0.950. The van der Waals surface area contributed by atoms with Crippen molar-refractivity contribution in [3.05, 3.63) is 22.8 Å². The molecule has 0 aliphatic carbocycles. The normalized spacial score (nSPS) is 20.4. The standard InChI is InChI=1S/C14H19BrN2O3S/c1-14(2,3)20-13(18)17-8-7-10(9-17)21(19)12-6-4-5-11(15)16-12/h4-6,10H,7-9H2,1-3H3/t10-,21-/m0/s1. The molecular formula is C14H19BrN2O3S. The highest BCUT2D eigenvalue weighted by Crippen LogP contribution is 2.22. The molecule has 2 rings (SSSR count). The van der Waals surface area contributed by atoms with Gasteiger partial charge in [-0.1, -0.05) is 6.07 Å². The first kappa shape index (κ1) is 16.4. The van der Waals surface area contributed by atoms with Gasteiger partial charge in [0.15, 0.2) is 0 Å². The summed E-state index contributed by atoms with van der Waals surface area (Å²) in [5, 5.41) is 0.444. The molecule has 0 aromatic carbocycles. The van der Waals surface area contributed by atoms with E-state index in [4.69, 9.17) is 4.74 Å². The summed E-state index contributed by atoms with van der Waals surface area (Å²) in [7, 11) is -1.22. The summed E-state index contributed by atoms with van der Waals surface area (Å²) >= 11 is 3.28. The van der Waals surface area contributed by atoms with Crippen LogP contribution < -0.4 is 0 Å². The zero-order valence-electron chi connectivity index (χ0n) is 12.3. The van der Waals surface area contributed by atoms with Crippen LogP contribution in [0.1, 0.15) is 27.2 Å². The topological polar surface area (TPSA) is 59.5 Å². The van der Waals surface area contributed by atoms with Gasteiger partial charge in [0.05, 0.1) is 16.0 Å². The Balaban J connectivity index is 1.99. The van der Waals surface area contributed by atoms with Crippen LogP contribution >= 0.6 is 15.9 Å². The van der Waals surface area contributed by atoms with Crippen molar-refractivity contribution < 1.29 is 13.7 Å². The third-order valence-electron chi connectivity index (χ3n) is 3.00. The molecule has 5 nitrogen and oxygen atoms in total. The molecule has 21 heavy (non-hydrogen) atoms. The molecular weight excluding hydrogens is 356 g/mol. The number of hydrogen-bond donors (Lipinski definition) is 0. The number of halogens is 1. The molecule has 1 aliphatic heterocycles. The summed E-state index contributed by atoms with van der Waals surface area (Å²) in [5.74, 6) is 0. The third kappa shape index (κ3) is 4.51. The molecule has 0 radical (unpaired) electrons. The summed E-state index contributed by atoms with van der Waals surface area (Å²) in [5.41, 5.74) is -0.514. The molecule has 116 valence electrons. The van der Waals surface area contributed by atoms with Crippen LogP contribution in [0.5, 0.6) is 0 Å². The lowest BCUT2D eigenvalue weighted by Gasteiger charge is -2.24. The third-order valence-corrected chi connectivity index (χ3v) is 5.07. The predicted molar refractivity (Wildman–Crippen MR) is 84.6 cm³/mol. The lowest BCUT2D eigenvalue weighted by atomic mass is 10.2. The fourth-order valence-electron chi connectivity index (χ4n) is 2.07. The van der Waals surface area contributed by atoms with E-state index in [1.165, 1.54) is 0 Å². The molecule has 1 saturated heterocycles. The molecule has 0 bridgehead atoms. The van der Waals surface area contributed by atoms with Gasteiger partial charge in [0.1, 0.15) is 15.2 Å². The lowest BCUT2D eigenvalue weighted by molar-refractivity contribution is 0.0295. The van der Waals surface area contributed by atoms with E-state index in [-0.39, 0.29) is 11.3 Å². The number of amides is 1. The van der Waals surface area contributed by atoms with Crippen LogP contribution in [-0.2, 0) is 15.5 Å². The molecule has 2 atom stereocenters. The number of carbonyl (C=O) groups excluding carboxylic acids is 1. The summed E-state index contributed by atoms with van der Waals surface area (Å²) in [6, 6.07) is 5.35. The number of hydrogen-bond acceptors (Lipinski definition) is 4. The molecule has 7 heteroatoms. The summed E-state index contributed by atoms with van der Waals surface area (Å²) < 4.78 is 18.5. The van der Waals surface area contributed by atoms with Crippen LogP contribution in [0.25, 0.3) is 0 Å². The molecule has 1 aliphatic rings. The molecule has 1 aromatic heterocycles. The first-order chi connectivity index (χ1) is 9.76. The van der Waals surface area contributed by atoms with Gasteiger partial charge in [-0.05, 0) is 55.3 Å². The average Bonchev–Trinajstić information content (AvgIpc) is 2.85. The number of ether oxygens (including phenoxy) is 1. The number of likely N-dealkylation sites (tertiary alicyclic amines) is 1. The van der Waals surface area contributed by atoms with Crippen LogP contribution in [-0.4, -0.2) is 44.1 Å². The summed E-state index contributed by atoms with van der Waals surface area (Å²) in [6.45, 7) is 6.51. The maximum Gasteiger partial charge on any atom is 0.410 e. The molecule has 0 saturated carbocycles. The molecule has 0 spiro atoms. The van der Waals surface area contributed by atoms with Gasteiger partial charge in [-0.15, -0.1) is 0 Å². The van der Waals surface area contributed by atoms with Crippen molar-refractivity contribution in [2.24, 2.45) is 0 Å². The maximum absolute atomic E-state index is 12.5. The van der Waals surface area contributed by atoms with Crippen LogP contribution in [0, 0.1) is 0 Å². The van der Waals surface area contributed by atoms with E-state index in [2.05, 4.69) is 20.9 Å². The highest BCUT2D eigenvalue weighted by atomic mass is 79.9. The Morgan fingerprint density at radius 3 is 2.81 bits per heavy atom. The van der Waals surface area contributed by atoms with Gasteiger partial charge in [-0.2, -0.15) is 0 Å². The molecule has 1 amide bonds. The van der Waals surface area contributed by atoms with Crippen LogP contribution in [0.4, 0.5) is 4.79 Å². The summed E-state index contributed by atoms with van der Waals surface area (Å²) in [4.78, 5) is 17.8. The number of aromatic nitrogens is 1. The van der Waals surface area contributed by atoms with Crippen molar-refractivity contribution in [1.82, 2.24) is 9.88 Å². The Morgan fingerprint density at radius 1 is 1.48 bits per heavy atom. The molecule has 1 fully saturated rings. The Kier molecular flexibility index (Phi) is 5.03. The second-order valence-corrected chi connectivity index (χ2v) is 8.43. The van der Waals surface area contributed by atoms with Gasteiger partial charge in [0.25, 0.3) is 0 Å². The predicted octanol–water partition coefficient (Wildman–Crippen LogP) is 2.96. The van der Waals surface area contributed by atoms with E-state index >= 15 is 0 Å². The number of nitrogens with zero attached hydrogens (tertiary/aromatic N) is 2. The van der Waals surface area contributed by atoms with Crippen LogP contribution in [0.2, 0.25) is 0 Å². The van der Waals surface area contributed by atoms with E-state index in [1.807, 2.05) is 26.8 Å². The molecule has 0 unspecified atom stereocenters. The second-order valence-electron chi connectivity index (χ2n) is 5.93. The van der Waals surface area contributed by atoms with Crippen LogP contribution in [0.3, 0.4) is 0 Å². The van der Waals surface area contributed by atoms with Crippen molar-refractivity contribution in [2.75, 3.05) is 13.1 Å². The monoisotopic (exact) mass is 374 g/mol. The van der Waals surface area contributed by atoms with E-state index in [0.717, 1.165) is 0 Å². The van der Waals surface area contributed by atoms with Crippen molar-refractivity contribution in [3.63, 3.8) is 0 Å². The highest BCUT2D eigenvalue weighted by molar-refractivity contribution is 9.10.